The highest BCUT2D eigenvalue weighted by Gasteiger charge is 1.89. The molecule has 0 heterocycles. The van der Waals surface area contributed by atoms with E-state index in [0.717, 1.165) is 11.1 Å². The molecule has 0 unspecified atom stereocenters. The molecule has 0 aliphatic carbocycles. The van der Waals surface area contributed by atoms with E-state index in [4.69, 9.17) is 2.74 Å². The van der Waals surface area contributed by atoms with Crippen molar-refractivity contribution in [1.29, 1.82) is 0 Å². The molecule has 0 amide bonds. The predicted molar refractivity (Wildman–Crippen MR) is 46.6 cm³/mol. The van der Waals surface area contributed by atoms with Gasteiger partial charge in [-0.2, -0.15) is 0 Å². The lowest BCUT2D eigenvalue weighted by Gasteiger charge is -1.96. The molecule has 50 valence electrons. The van der Waals surface area contributed by atoms with Crippen LogP contribution in [0.3, 0.4) is 0 Å². The molecule has 0 N–H and O–H groups in total. The molecule has 10 heavy (non-hydrogen) atoms. The zero-order chi connectivity index (χ0) is 8.81. The Morgan fingerprint density at radius 2 is 1.60 bits per heavy atom. The standard InChI is InChI=1S/C10H10/c1-3-9-7-5-6-8-10(9)4-2/h3-8H,1-2H2/i1D,2D. The van der Waals surface area contributed by atoms with Crippen LogP contribution in [-0.2, 0) is 0 Å². The minimum atomic E-state index is 0.969. The van der Waals surface area contributed by atoms with Crippen LogP contribution in [0.25, 0.3) is 12.2 Å². The van der Waals surface area contributed by atoms with Gasteiger partial charge in [0.2, 0.25) is 0 Å². The molecule has 0 radical (unpaired) electrons. The Labute approximate surface area is 64.3 Å². The van der Waals surface area contributed by atoms with Gasteiger partial charge in [0, 0.05) is 0 Å². The lowest BCUT2D eigenvalue weighted by atomic mass is 10.1. The van der Waals surface area contributed by atoms with Crippen LogP contribution in [0.2, 0.25) is 0 Å². The van der Waals surface area contributed by atoms with E-state index in [0.29, 0.717) is 0 Å². The average molecular weight is 132 g/mol. The number of rotatable bonds is 2. The Morgan fingerprint density at radius 3 is 2.00 bits per heavy atom. The van der Waals surface area contributed by atoms with Gasteiger partial charge in [-0.1, -0.05) is 49.5 Å². The van der Waals surface area contributed by atoms with Crippen molar-refractivity contribution in [2.45, 2.75) is 0 Å². The topological polar surface area (TPSA) is 0 Å². The molecule has 0 spiro atoms. The van der Waals surface area contributed by atoms with Gasteiger partial charge >= 0.3 is 0 Å². The minimum absolute atomic E-state index is 0.969. The average Bonchev–Trinajstić information content (AvgIpc) is 2.09. The summed E-state index contributed by atoms with van der Waals surface area (Å²) in [7, 11) is 0. The van der Waals surface area contributed by atoms with Gasteiger partial charge in [-0.3, -0.25) is 0 Å². The molecule has 0 bridgehead atoms. The van der Waals surface area contributed by atoms with Crippen molar-refractivity contribution in [3.8, 4) is 0 Å². The molecule has 0 aliphatic rings. The van der Waals surface area contributed by atoms with E-state index < -0.39 is 0 Å². The third-order valence-corrected chi connectivity index (χ3v) is 1.36. The first-order chi connectivity index (χ1) is 5.88. The zero-order valence-electron chi connectivity index (χ0n) is 7.62. The molecule has 0 fully saturated rings. The van der Waals surface area contributed by atoms with Crippen molar-refractivity contribution in [1.82, 2.24) is 0 Å². The Bertz CT molecular complexity index is 269. The summed E-state index contributed by atoms with van der Waals surface area (Å²) in [4.78, 5) is 0. The van der Waals surface area contributed by atoms with Gasteiger partial charge in [0.1, 0.15) is 0 Å². The highest BCUT2D eigenvalue weighted by atomic mass is 13.9. The minimum Gasteiger partial charge on any atom is -0.0984 e. The smallest absolute Gasteiger partial charge is 0.0538 e. The van der Waals surface area contributed by atoms with E-state index in [1.165, 1.54) is 13.1 Å². The van der Waals surface area contributed by atoms with E-state index in [1.807, 2.05) is 24.3 Å². The maximum absolute atomic E-state index is 6.92. The summed E-state index contributed by atoms with van der Waals surface area (Å²) in [6.45, 7) is 2.49. The summed E-state index contributed by atoms with van der Waals surface area (Å²) in [6, 6.07) is 7.66. The molecule has 0 aromatic heterocycles. The quantitative estimate of drug-likeness (QED) is 0.580. The highest BCUT2D eigenvalue weighted by molar-refractivity contribution is 5.63. The van der Waals surface area contributed by atoms with Crippen LogP contribution < -0.4 is 0 Å². The summed E-state index contributed by atoms with van der Waals surface area (Å²) in [5.41, 5.74) is 1.94. The number of benzene rings is 1. The van der Waals surface area contributed by atoms with Crippen LogP contribution in [0, 0.1) is 0 Å². The van der Waals surface area contributed by atoms with E-state index in [1.54, 1.807) is 12.2 Å². The van der Waals surface area contributed by atoms with E-state index in [2.05, 4.69) is 0 Å². The normalized spacial score (nSPS) is 14.0. The molecule has 0 aliphatic heterocycles. The van der Waals surface area contributed by atoms with Crippen LogP contribution in [0.1, 0.15) is 13.9 Å². The van der Waals surface area contributed by atoms with Gasteiger partial charge in [-0.25, -0.2) is 0 Å². The summed E-state index contributed by atoms with van der Waals surface area (Å²) in [6.07, 6.45) is 3.41. The maximum Gasteiger partial charge on any atom is 0.0538 e. The molecule has 0 nitrogen and oxygen atoms in total. The van der Waals surface area contributed by atoms with E-state index >= 15 is 0 Å². The molecular weight excluding hydrogens is 120 g/mol. The van der Waals surface area contributed by atoms with Crippen LogP contribution in [-0.4, -0.2) is 0 Å². The summed E-state index contributed by atoms with van der Waals surface area (Å²) in [5.74, 6) is 0. The predicted octanol–water partition coefficient (Wildman–Crippen LogP) is 2.97. The fourth-order valence-electron chi connectivity index (χ4n) is 0.814. The molecular formula is C10H10. The van der Waals surface area contributed by atoms with Gasteiger partial charge in [-0.15, -0.1) is 0 Å². The first-order valence-corrected chi connectivity index (χ1v) is 3.07. The molecule has 0 atom stereocenters. The van der Waals surface area contributed by atoms with Crippen LogP contribution in [0.5, 0.6) is 0 Å². The molecule has 0 heteroatoms. The second-order valence-electron chi connectivity index (χ2n) is 1.96. The van der Waals surface area contributed by atoms with Crippen molar-refractivity contribution in [3.05, 3.63) is 48.5 Å². The zero-order valence-corrected chi connectivity index (χ0v) is 5.62. The van der Waals surface area contributed by atoms with Crippen molar-refractivity contribution < 1.29 is 2.74 Å². The maximum atomic E-state index is 6.92. The van der Waals surface area contributed by atoms with Crippen molar-refractivity contribution in [2.24, 2.45) is 0 Å². The van der Waals surface area contributed by atoms with Crippen molar-refractivity contribution in [2.75, 3.05) is 0 Å². The molecule has 1 aromatic carbocycles. The monoisotopic (exact) mass is 132 g/mol. The lowest BCUT2D eigenvalue weighted by molar-refractivity contribution is 1.62. The van der Waals surface area contributed by atoms with Gasteiger partial charge in [0.25, 0.3) is 0 Å². The van der Waals surface area contributed by atoms with Crippen molar-refractivity contribution in [3.63, 3.8) is 0 Å². The van der Waals surface area contributed by atoms with Crippen LogP contribution in [0.4, 0.5) is 0 Å². The summed E-state index contributed by atoms with van der Waals surface area (Å²) >= 11 is 0. The van der Waals surface area contributed by atoms with Gasteiger partial charge in [0.05, 0.1) is 2.74 Å². The fourth-order valence-corrected chi connectivity index (χ4v) is 0.814. The van der Waals surface area contributed by atoms with Crippen molar-refractivity contribution >= 4 is 12.2 Å². The van der Waals surface area contributed by atoms with E-state index in [-0.39, 0.29) is 0 Å². The van der Waals surface area contributed by atoms with Crippen LogP contribution in [0.15, 0.2) is 37.4 Å². The highest BCUT2D eigenvalue weighted by Crippen LogP contribution is 2.10. The first-order valence-electron chi connectivity index (χ1n) is 4.23. The summed E-state index contributed by atoms with van der Waals surface area (Å²) < 4.78 is 13.8. The number of hydrogen-bond donors (Lipinski definition) is 0. The molecule has 0 saturated heterocycles. The molecule has 0 saturated carbocycles. The van der Waals surface area contributed by atoms with E-state index in [9.17, 15) is 0 Å². The Morgan fingerprint density at radius 1 is 1.10 bits per heavy atom. The van der Waals surface area contributed by atoms with Crippen LogP contribution >= 0.6 is 0 Å². The Kier molecular flexibility index (Phi) is 1.36. The number of hydrogen-bond acceptors (Lipinski definition) is 0. The Balaban J connectivity index is 3.08. The Hall–Kier alpha value is -1.30. The first kappa shape index (κ1) is 4.51. The third-order valence-electron chi connectivity index (χ3n) is 1.36. The summed E-state index contributed by atoms with van der Waals surface area (Å²) in [5, 5.41) is 0. The third kappa shape index (κ3) is 1.16. The van der Waals surface area contributed by atoms with Gasteiger partial charge in [-0.05, 0) is 11.1 Å². The molecule has 1 aromatic rings. The largest absolute Gasteiger partial charge is 0.0984 e. The fraction of sp³-hybridized carbons (Fsp3) is 0. The second-order valence-corrected chi connectivity index (χ2v) is 1.96. The SMILES string of the molecule is [2H]C=Cc1ccccc1C=C[2H]. The molecule has 1 rings (SSSR count). The second kappa shape index (κ2) is 3.02. The lowest BCUT2D eigenvalue weighted by Crippen LogP contribution is -1.76. The van der Waals surface area contributed by atoms with Gasteiger partial charge < -0.3 is 0 Å². The van der Waals surface area contributed by atoms with Gasteiger partial charge in [0.15, 0.2) is 0 Å².